The molecule has 1 aromatic rings. The van der Waals surface area contributed by atoms with E-state index in [0.29, 0.717) is 11.9 Å². The van der Waals surface area contributed by atoms with Crippen LogP contribution in [0, 0.1) is 11.3 Å². The molecule has 1 aliphatic carbocycles. The van der Waals surface area contributed by atoms with Crippen molar-refractivity contribution in [1.29, 1.82) is 5.26 Å². The molecule has 1 fully saturated rings. The molecule has 1 aromatic heterocycles. The van der Waals surface area contributed by atoms with Gasteiger partial charge in [-0.2, -0.15) is 5.26 Å². The number of pyridine rings is 1. The Labute approximate surface area is 108 Å². The van der Waals surface area contributed by atoms with E-state index in [0.717, 1.165) is 5.56 Å². The average Bonchev–Trinajstić information content (AvgIpc) is 2.46. The number of nitrogens with zero attached hydrogens (tertiary/aromatic N) is 2. The van der Waals surface area contributed by atoms with Gasteiger partial charge in [-0.05, 0) is 18.9 Å². The molecule has 1 unspecified atom stereocenters. The first-order valence-electron chi connectivity index (χ1n) is 6.49. The minimum Gasteiger partial charge on any atom is -0.481 e. The van der Waals surface area contributed by atoms with Gasteiger partial charge in [-0.1, -0.05) is 19.3 Å². The number of methoxy groups -OCH3 is 1. The molecule has 0 radical (unpaired) electrons. The average molecular weight is 245 g/mol. The predicted octanol–water partition coefficient (Wildman–Crippen LogP) is 2.58. The third kappa shape index (κ3) is 3.21. The molecule has 4 nitrogen and oxygen atoms in total. The standard InChI is InChI=1S/C14H19N3O/c1-18-14-8-7-11(10-16-14)13(9-15)17-12-5-3-2-4-6-12/h7-8,10,12-13,17H,2-6H2,1H3. The van der Waals surface area contributed by atoms with Gasteiger partial charge < -0.3 is 4.74 Å². The summed E-state index contributed by atoms with van der Waals surface area (Å²) in [7, 11) is 1.59. The van der Waals surface area contributed by atoms with Crippen molar-refractivity contribution < 1.29 is 4.74 Å². The van der Waals surface area contributed by atoms with Crippen LogP contribution in [-0.2, 0) is 0 Å². The summed E-state index contributed by atoms with van der Waals surface area (Å²) in [4.78, 5) is 4.15. The fourth-order valence-electron chi connectivity index (χ4n) is 2.40. The van der Waals surface area contributed by atoms with Crippen LogP contribution in [0.5, 0.6) is 5.88 Å². The van der Waals surface area contributed by atoms with Crippen LogP contribution in [0.25, 0.3) is 0 Å². The van der Waals surface area contributed by atoms with Crippen molar-refractivity contribution in [2.45, 2.75) is 44.2 Å². The molecule has 0 spiro atoms. The fourth-order valence-corrected chi connectivity index (χ4v) is 2.40. The highest BCUT2D eigenvalue weighted by Gasteiger charge is 2.19. The molecule has 2 rings (SSSR count). The molecule has 1 aliphatic rings. The second-order valence-corrected chi connectivity index (χ2v) is 4.70. The van der Waals surface area contributed by atoms with Gasteiger partial charge in [-0.15, -0.1) is 0 Å². The Morgan fingerprint density at radius 2 is 2.17 bits per heavy atom. The monoisotopic (exact) mass is 245 g/mol. The van der Waals surface area contributed by atoms with E-state index in [9.17, 15) is 5.26 Å². The van der Waals surface area contributed by atoms with Gasteiger partial charge in [0.25, 0.3) is 0 Å². The maximum atomic E-state index is 9.27. The Morgan fingerprint density at radius 1 is 1.39 bits per heavy atom. The maximum absolute atomic E-state index is 9.27. The molecule has 0 aromatic carbocycles. The first kappa shape index (κ1) is 12.8. The number of rotatable bonds is 4. The number of hydrogen-bond acceptors (Lipinski definition) is 4. The highest BCUT2D eigenvalue weighted by molar-refractivity contribution is 5.24. The smallest absolute Gasteiger partial charge is 0.212 e. The van der Waals surface area contributed by atoms with Crippen molar-refractivity contribution >= 4 is 0 Å². The molecular formula is C14H19N3O. The molecule has 1 heterocycles. The van der Waals surface area contributed by atoms with Gasteiger partial charge in [0.05, 0.1) is 13.2 Å². The highest BCUT2D eigenvalue weighted by atomic mass is 16.5. The van der Waals surface area contributed by atoms with Gasteiger partial charge in [0.15, 0.2) is 0 Å². The third-order valence-corrected chi connectivity index (χ3v) is 3.44. The largest absolute Gasteiger partial charge is 0.481 e. The van der Waals surface area contributed by atoms with Crippen LogP contribution < -0.4 is 10.1 Å². The number of hydrogen-bond donors (Lipinski definition) is 1. The lowest BCUT2D eigenvalue weighted by atomic mass is 9.94. The van der Waals surface area contributed by atoms with Crippen LogP contribution in [0.3, 0.4) is 0 Å². The third-order valence-electron chi connectivity index (χ3n) is 3.44. The van der Waals surface area contributed by atoms with Gasteiger partial charge >= 0.3 is 0 Å². The second-order valence-electron chi connectivity index (χ2n) is 4.70. The Hall–Kier alpha value is -1.60. The van der Waals surface area contributed by atoms with Gasteiger partial charge in [-0.25, -0.2) is 4.98 Å². The normalized spacial score (nSPS) is 18.0. The Balaban J connectivity index is 2.00. The topological polar surface area (TPSA) is 57.9 Å². The number of aromatic nitrogens is 1. The summed E-state index contributed by atoms with van der Waals surface area (Å²) < 4.78 is 5.02. The van der Waals surface area contributed by atoms with E-state index in [2.05, 4.69) is 16.4 Å². The van der Waals surface area contributed by atoms with E-state index < -0.39 is 0 Å². The van der Waals surface area contributed by atoms with Crippen molar-refractivity contribution in [3.63, 3.8) is 0 Å². The van der Waals surface area contributed by atoms with Crippen LogP contribution in [-0.4, -0.2) is 18.1 Å². The quantitative estimate of drug-likeness (QED) is 0.885. The zero-order chi connectivity index (χ0) is 12.8. The van der Waals surface area contributed by atoms with Gasteiger partial charge in [0.2, 0.25) is 5.88 Å². The SMILES string of the molecule is COc1ccc(C(C#N)NC2CCCCC2)cn1. The van der Waals surface area contributed by atoms with E-state index >= 15 is 0 Å². The summed E-state index contributed by atoms with van der Waals surface area (Å²) in [5.74, 6) is 0.577. The zero-order valence-corrected chi connectivity index (χ0v) is 10.7. The Bertz CT molecular complexity index is 404. The molecule has 0 amide bonds. The van der Waals surface area contributed by atoms with Crippen molar-refractivity contribution in [3.05, 3.63) is 23.9 Å². The zero-order valence-electron chi connectivity index (χ0n) is 10.7. The maximum Gasteiger partial charge on any atom is 0.212 e. The number of ether oxygens (including phenoxy) is 1. The molecule has 0 aliphatic heterocycles. The number of nitriles is 1. The lowest BCUT2D eigenvalue weighted by molar-refractivity contribution is 0.359. The van der Waals surface area contributed by atoms with Crippen LogP contribution in [0.15, 0.2) is 18.3 Å². The van der Waals surface area contributed by atoms with Crippen molar-refractivity contribution in [2.24, 2.45) is 0 Å². The molecule has 4 heteroatoms. The minimum atomic E-state index is -0.272. The van der Waals surface area contributed by atoms with Gasteiger partial charge in [0.1, 0.15) is 6.04 Å². The molecule has 0 saturated heterocycles. The predicted molar refractivity (Wildman–Crippen MR) is 69.2 cm³/mol. The summed E-state index contributed by atoms with van der Waals surface area (Å²) in [5, 5.41) is 12.7. The van der Waals surface area contributed by atoms with Crippen molar-refractivity contribution in [3.8, 4) is 11.9 Å². The number of nitrogens with one attached hydrogen (secondary N) is 1. The van der Waals surface area contributed by atoms with Gasteiger partial charge in [-0.3, -0.25) is 5.32 Å². The van der Waals surface area contributed by atoms with E-state index in [-0.39, 0.29) is 6.04 Å². The van der Waals surface area contributed by atoms with E-state index in [1.165, 1.54) is 32.1 Å². The van der Waals surface area contributed by atoms with E-state index in [4.69, 9.17) is 4.74 Å². The molecule has 1 atom stereocenters. The minimum absolute atomic E-state index is 0.272. The van der Waals surface area contributed by atoms with Crippen molar-refractivity contribution in [1.82, 2.24) is 10.3 Å². The summed E-state index contributed by atoms with van der Waals surface area (Å²) in [6.45, 7) is 0. The Morgan fingerprint density at radius 3 is 2.72 bits per heavy atom. The van der Waals surface area contributed by atoms with Crippen LogP contribution in [0.4, 0.5) is 0 Å². The summed E-state index contributed by atoms with van der Waals surface area (Å²) >= 11 is 0. The molecule has 96 valence electrons. The molecule has 1 N–H and O–H groups in total. The van der Waals surface area contributed by atoms with E-state index in [1.54, 1.807) is 19.4 Å². The van der Waals surface area contributed by atoms with Gasteiger partial charge in [0, 0.05) is 23.9 Å². The second kappa shape index (κ2) is 6.36. The molecular weight excluding hydrogens is 226 g/mol. The summed E-state index contributed by atoms with van der Waals surface area (Å²) in [6.07, 6.45) is 7.89. The van der Waals surface area contributed by atoms with Crippen LogP contribution in [0.2, 0.25) is 0 Å². The molecule has 18 heavy (non-hydrogen) atoms. The van der Waals surface area contributed by atoms with Crippen LogP contribution in [0.1, 0.15) is 43.7 Å². The first-order chi connectivity index (χ1) is 8.83. The van der Waals surface area contributed by atoms with Crippen LogP contribution >= 0.6 is 0 Å². The Kier molecular flexibility index (Phi) is 4.54. The molecule has 1 saturated carbocycles. The summed E-state index contributed by atoms with van der Waals surface area (Å²) in [6, 6.07) is 6.20. The van der Waals surface area contributed by atoms with Crippen molar-refractivity contribution in [2.75, 3.05) is 7.11 Å². The fraction of sp³-hybridized carbons (Fsp3) is 0.571. The van der Waals surface area contributed by atoms with E-state index in [1.807, 2.05) is 6.07 Å². The highest BCUT2D eigenvalue weighted by Crippen LogP contribution is 2.21. The lowest BCUT2D eigenvalue weighted by Crippen LogP contribution is -2.33. The first-order valence-corrected chi connectivity index (χ1v) is 6.49. The summed E-state index contributed by atoms with van der Waals surface area (Å²) in [5.41, 5.74) is 0.906. The molecule has 0 bridgehead atoms. The lowest BCUT2D eigenvalue weighted by Gasteiger charge is -2.25.